The molecule has 0 spiro atoms. The first-order chi connectivity index (χ1) is 14.3. The van der Waals surface area contributed by atoms with Crippen LogP contribution in [-0.4, -0.2) is 0 Å². The zero-order valence-corrected chi connectivity index (χ0v) is 16.2. The summed E-state index contributed by atoms with van der Waals surface area (Å²) in [6.07, 6.45) is 1.70. The molecule has 30 heavy (non-hydrogen) atoms. The first-order valence-corrected chi connectivity index (χ1v) is 9.52. The molecule has 1 atom stereocenters. The topological polar surface area (TPSA) is 0 Å². The molecule has 3 rings (SSSR count). The molecule has 0 N–H and O–H groups in total. The molecule has 0 saturated heterocycles. The van der Waals surface area contributed by atoms with Gasteiger partial charge in [0.1, 0.15) is 34.9 Å². The van der Waals surface area contributed by atoms with E-state index in [2.05, 4.69) is 0 Å². The van der Waals surface area contributed by atoms with E-state index in [0.29, 0.717) is 31.0 Å². The third-order valence-electron chi connectivity index (χ3n) is 4.83. The van der Waals surface area contributed by atoms with Crippen LogP contribution in [0.25, 0.3) is 0 Å². The average Bonchev–Trinajstić information content (AvgIpc) is 2.62. The number of halogens is 6. The molecule has 0 heterocycles. The van der Waals surface area contributed by atoms with Crippen molar-refractivity contribution >= 4 is 0 Å². The SMILES string of the molecule is CCCCC([C](c1cc(F)cc(F)c1)c1cc(F)cc(F)c1)c1cc(F)cc(F)c1. The number of benzene rings is 3. The first-order valence-electron chi connectivity index (χ1n) is 9.52. The van der Waals surface area contributed by atoms with Gasteiger partial charge in [-0.15, -0.1) is 0 Å². The molecule has 0 aromatic heterocycles. The number of hydrogen-bond donors (Lipinski definition) is 0. The van der Waals surface area contributed by atoms with E-state index in [9.17, 15) is 26.3 Å². The molecular weight excluding hydrogens is 402 g/mol. The summed E-state index contributed by atoms with van der Waals surface area (Å²) in [5.41, 5.74) is 0.303. The van der Waals surface area contributed by atoms with E-state index in [1.807, 2.05) is 6.92 Å². The minimum absolute atomic E-state index is 0.0447. The first kappa shape index (κ1) is 21.9. The van der Waals surface area contributed by atoms with Crippen molar-refractivity contribution in [2.45, 2.75) is 32.1 Å². The normalized spacial score (nSPS) is 12.4. The van der Waals surface area contributed by atoms with Crippen molar-refractivity contribution in [2.24, 2.45) is 0 Å². The van der Waals surface area contributed by atoms with Gasteiger partial charge in [-0.2, -0.15) is 0 Å². The van der Waals surface area contributed by atoms with E-state index in [1.165, 1.54) is 0 Å². The fourth-order valence-corrected chi connectivity index (χ4v) is 3.65. The summed E-state index contributed by atoms with van der Waals surface area (Å²) in [4.78, 5) is 0. The molecule has 6 heteroatoms. The Morgan fingerprint density at radius 1 is 0.600 bits per heavy atom. The molecule has 1 unspecified atom stereocenters. The largest absolute Gasteiger partial charge is 0.207 e. The van der Waals surface area contributed by atoms with E-state index in [4.69, 9.17) is 0 Å². The van der Waals surface area contributed by atoms with Gasteiger partial charge in [0.05, 0.1) is 0 Å². The van der Waals surface area contributed by atoms with E-state index in [-0.39, 0.29) is 22.6 Å². The maximum atomic E-state index is 14.0. The van der Waals surface area contributed by atoms with E-state index in [1.54, 1.807) is 0 Å². The lowest BCUT2D eigenvalue weighted by Gasteiger charge is -2.28. The van der Waals surface area contributed by atoms with Crippen molar-refractivity contribution in [3.8, 4) is 0 Å². The summed E-state index contributed by atoms with van der Waals surface area (Å²) in [5.74, 6) is -5.71. The summed E-state index contributed by atoms with van der Waals surface area (Å²) in [7, 11) is 0. The quantitative estimate of drug-likeness (QED) is 0.347. The van der Waals surface area contributed by atoms with Crippen molar-refractivity contribution < 1.29 is 26.3 Å². The van der Waals surface area contributed by atoms with Crippen LogP contribution in [0.1, 0.15) is 48.8 Å². The molecule has 0 saturated carbocycles. The Hall–Kier alpha value is -2.76. The van der Waals surface area contributed by atoms with Crippen LogP contribution in [0.15, 0.2) is 54.6 Å². The maximum absolute atomic E-state index is 14.0. The van der Waals surface area contributed by atoms with E-state index in [0.717, 1.165) is 42.8 Å². The highest BCUT2D eigenvalue weighted by molar-refractivity contribution is 5.51. The van der Waals surface area contributed by atoms with Gasteiger partial charge in [-0.3, -0.25) is 0 Å². The van der Waals surface area contributed by atoms with Gasteiger partial charge in [-0.25, -0.2) is 26.3 Å². The molecule has 0 amide bonds. The fourth-order valence-electron chi connectivity index (χ4n) is 3.65. The monoisotopic (exact) mass is 421 g/mol. The minimum atomic E-state index is -0.876. The summed E-state index contributed by atoms with van der Waals surface area (Å²) < 4.78 is 83.8. The standard InChI is InChI=1S/C24H19F6/c1-2-3-4-23(14-5-17(25)11-18(26)6-14)24(15-7-19(27)12-20(28)8-15)16-9-21(29)13-22(30)10-16/h5-13,23H,2-4H2,1H3. The second kappa shape index (κ2) is 9.37. The van der Waals surface area contributed by atoms with Gasteiger partial charge in [0.2, 0.25) is 0 Å². The highest BCUT2D eigenvalue weighted by Gasteiger charge is 2.29. The van der Waals surface area contributed by atoms with Gasteiger partial charge < -0.3 is 0 Å². The predicted octanol–water partition coefficient (Wildman–Crippen LogP) is 7.47. The zero-order valence-electron chi connectivity index (χ0n) is 16.2. The van der Waals surface area contributed by atoms with Crippen molar-refractivity contribution in [3.05, 3.63) is 112 Å². The minimum Gasteiger partial charge on any atom is -0.207 e. The molecule has 157 valence electrons. The number of unbranched alkanes of at least 4 members (excludes halogenated alkanes) is 1. The lowest BCUT2D eigenvalue weighted by molar-refractivity contribution is 0.555. The lowest BCUT2D eigenvalue weighted by atomic mass is 9.74. The Kier molecular flexibility index (Phi) is 6.85. The van der Waals surface area contributed by atoms with Gasteiger partial charge in [0.15, 0.2) is 0 Å². The molecule has 3 aromatic rings. The van der Waals surface area contributed by atoms with Crippen LogP contribution in [-0.2, 0) is 0 Å². The van der Waals surface area contributed by atoms with Gasteiger partial charge in [0.25, 0.3) is 0 Å². The Morgan fingerprint density at radius 3 is 1.33 bits per heavy atom. The Morgan fingerprint density at radius 2 is 0.967 bits per heavy atom. The van der Waals surface area contributed by atoms with Crippen LogP contribution >= 0.6 is 0 Å². The van der Waals surface area contributed by atoms with Gasteiger partial charge in [0, 0.05) is 24.1 Å². The van der Waals surface area contributed by atoms with Crippen LogP contribution in [0.3, 0.4) is 0 Å². The summed E-state index contributed by atoms with van der Waals surface area (Å²) in [5, 5.41) is 0. The van der Waals surface area contributed by atoms with Gasteiger partial charge >= 0.3 is 0 Å². The fraction of sp³-hybridized carbons (Fsp3) is 0.208. The molecule has 0 bridgehead atoms. The lowest BCUT2D eigenvalue weighted by Crippen LogP contribution is -2.16. The van der Waals surface area contributed by atoms with Crippen LogP contribution in [0, 0.1) is 40.8 Å². The number of rotatable bonds is 7. The molecule has 0 fully saturated rings. The second-order valence-corrected chi connectivity index (χ2v) is 7.13. The third-order valence-corrected chi connectivity index (χ3v) is 4.83. The Bertz CT molecular complexity index is 918. The molecule has 0 aliphatic heterocycles. The summed E-state index contributed by atoms with van der Waals surface area (Å²) >= 11 is 0. The molecule has 0 nitrogen and oxygen atoms in total. The number of hydrogen-bond acceptors (Lipinski definition) is 0. The maximum Gasteiger partial charge on any atom is 0.126 e. The molecule has 3 aromatic carbocycles. The Labute approximate surface area is 171 Å². The molecule has 0 aliphatic carbocycles. The highest BCUT2D eigenvalue weighted by atomic mass is 19.2. The van der Waals surface area contributed by atoms with E-state index < -0.39 is 40.8 Å². The van der Waals surface area contributed by atoms with Crippen molar-refractivity contribution in [3.63, 3.8) is 0 Å². The van der Waals surface area contributed by atoms with Crippen molar-refractivity contribution in [1.29, 1.82) is 0 Å². The molecule has 1 radical (unpaired) electrons. The molecular formula is C24H19F6. The van der Waals surface area contributed by atoms with Crippen LogP contribution in [0.5, 0.6) is 0 Å². The summed E-state index contributed by atoms with van der Waals surface area (Å²) in [6, 6.07) is 8.46. The predicted molar refractivity (Wildman–Crippen MR) is 103 cm³/mol. The van der Waals surface area contributed by atoms with Gasteiger partial charge in [-0.05, 0) is 65.4 Å². The second-order valence-electron chi connectivity index (χ2n) is 7.13. The van der Waals surface area contributed by atoms with Crippen LogP contribution in [0.4, 0.5) is 26.3 Å². The molecule has 0 aliphatic rings. The van der Waals surface area contributed by atoms with Crippen LogP contribution < -0.4 is 0 Å². The Balaban J connectivity index is 2.25. The zero-order chi connectivity index (χ0) is 21.8. The van der Waals surface area contributed by atoms with E-state index >= 15 is 0 Å². The van der Waals surface area contributed by atoms with Gasteiger partial charge in [-0.1, -0.05) is 19.8 Å². The average molecular weight is 421 g/mol. The van der Waals surface area contributed by atoms with Crippen molar-refractivity contribution in [1.82, 2.24) is 0 Å². The summed E-state index contributed by atoms with van der Waals surface area (Å²) in [6.45, 7) is 1.91. The highest BCUT2D eigenvalue weighted by Crippen LogP contribution is 2.42. The smallest absolute Gasteiger partial charge is 0.126 e. The third kappa shape index (κ3) is 5.23. The van der Waals surface area contributed by atoms with Crippen molar-refractivity contribution in [2.75, 3.05) is 0 Å². The van der Waals surface area contributed by atoms with Crippen LogP contribution in [0.2, 0.25) is 0 Å².